The van der Waals surface area contributed by atoms with Crippen molar-refractivity contribution in [3.05, 3.63) is 12.2 Å². The van der Waals surface area contributed by atoms with Crippen molar-refractivity contribution in [2.45, 2.75) is 39.7 Å². The molecule has 0 heterocycles. The standard InChI is InChI=1S/C10H18N2O3/c1-5-6-7-8(12-14)11-9(13)15-10(2,3)4/h6-7,14H,5H2,1-4H3,(H,11,12,13)/b7-6+. The van der Waals surface area contributed by atoms with Crippen LogP contribution in [0.3, 0.4) is 0 Å². The van der Waals surface area contributed by atoms with Crippen molar-refractivity contribution < 1.29 is 14.7 Å². The van der Waals surface area contributed by atoms with Crippen LogP contribution < -0.4 is 5.32 Å². The third-order valence-electron chi connectivity index (χ3n) is 1.25. The van der Waals surface area contributed by atoms with Crippen LogP contribution in [0, 0.1) is 0 Å². The lowest BCUT2D eigenvalue weighted by atomic mass is 10.2. The highest BCUT2D eigenvalue weighted by atomic mass is 16.6. The second kappa shape index (κ2) is 6.06. The van der Waals surface area contributed by atoms with Gasteiger partial charge in [0.1, 0.15) is 5.60 Å². The van der Waals surface area contributed by atoms with E-state index in [4.69, 9.17) is 9.94 Å². The molecule has 0 rings (SSSR count). The van der Waals surface area contributed by atoms with Crippen molar-refractivity contribution in [3.8, 4) is 0 Å². The molecule has 0 saturated carbocycles. The summed E-state index contributed by atoms with van der Waals surface area (Å²) in [5.74, 6) is 0.0612. The smallest absolute Gasteiger partial charge is 0.413 e. The molecule has 0 bridgehead atoms. The molecule has 0 aromatic rings. The number of amides is 1. The van der Waals surface area contributed by atoms with Crippen molar-refractivity contribution in [3.63, 3.8) is 0 Å². The molecule has 0 aromatic heterocycles. The Hall–Kier alpha value is -1.52. The predicted octanol–water partition coefficient (Wildman–Crippen LogP) is 2.27. The molecule has 0 aliphatic carbocycles. The molecule has 0 aromatic carbocycles. The Balaban J connectivity index is 4.21. The quantitative estimate of drug-likeness (QED) is 0.320. The van der Waals surface area contributed by atoms with Crippen LogP contribution in [-0.2, 0) is 4.74 Å². The molecule has 2 N–H and O–H groups in total. The number of carbonyl (C=O) groups is 1. The maximum Gasteiger partial charge on any atom is 0.413 e. The number of carbonyl (C=O) groups excluding carboxylic acids is 1. The lowest BCUT2D eigenvalue weighted by Gasteiger charge is -2.19. The minimum Gasteiger partial charge on any atom is -0.444 e. The second-order valence-corrected chi connectivity index (χ2v) is 3.92. The molecule has 0 unspecified atom stereocenters. The zero-order chi connectivity index (χ0) is 11.9. The molecule has 0 spiro atoms. The summed E-state index contributed by atoms with van der Waals surface area (Å²) < 4.78 is 4.97. The van der Waals surface area contributed by atoms with Crippen LogP contribution in [0.2, 0.25) is 0 Å². The average Bonchev–Trinajstić information content (AvgIpc) is 2.09. The van der Waals surface area contributed by atoms with Crippen molar-refractivity contribution in [1.29, 1.82) is 0 Å². The number of alkyl carbamates (subject to hydrolysis) is 1. The van der Waals surface area contributed by atoms with Crippen LogP contribution in [-0.4, -0.2) is 22.7 Å². The van der Waals surface area contributed by atoms with Gasteiger partial charge in [0, 0.05) is 0 Å². The van der Waals surface area contributed by atoms with Gasteiger partial charge in [0.2, 0.25) is 0 Å². The van der Waals surface area contributed by atoms with Crippen molar-refractivity contribution in [2.75, 3.05) is 0 Å². The number of nitrogens with zero attached hydrogens (tertiary/aromatic N) is 1. The first kappa shape index (κ1) is 13.5. The number of ether oxygens (including phenoxy) is 1. The summed E-state index contributed by atoms with van der Waals surface area (Å²) in [5.41, 5.74) is -0.570. The number of allylic oxidation sites excluding steroid dienone is 1. The van der Waals surface area contributed by atoms with E-state index in [9.17, 15) is 4.79 Å². The summed E-state index contributed by atoms with van der Waals surface area (Å²) in [6.45, 7) is 7.19. The second-order valence-electron chi connectivity index (χ2n) is 3.92. The summed E-state index contributed by atoms with van der Waals surface area (Å²) in [6.07, 6.45) is 3.40. The van der Waals surface area contributed by atoms with Crippen molar-refractivity contribution in [1.82, 2.24) is 5.32 Å². The molecule has 0 aliphatic rings. The SMILES string of the molecule is CC/C=C/C(=N\O)NC(=O)OC(C)(C)C. The van der Waals surface area contributed by atoms with Gasteiger partial charge in [-0.25, -0.2) is 4.79 Å². The van der Waals surface area contributed by atoms with Gasteiger partial charge in [-0.05, 0) is 33.3 Å². The van der Waals surface area contributed by atoms with Crippen LogP contribution in [0.15, 0.2) is 17.3 Å². The van der Waals surface area contributed by atoms with E-state index < -0.39 is 11.7 Å². The third-order valence-corrected chi connectivity index (χ3v) is 1.25. The first-order chi connectivity index (χ1) is 6.89. The van der Waals surface area contributed by atoms with Gasteiger partial charge in [-0.1, -0.05) is 18.2 Å². The molecular weight excluding hydrogens is 196 g/mol. The van der Waals surface area contributed by atoms with Gasteiger partial charge >= 0.3 is 6.09 Å². The summed E-state index contributed by atoms with van der Waals surface area (Å²) in [6, 6.07) is 0. The number of hydrogen-bond acceptors (Lipinski definition) is 4. The van der Waals surface area contributed by atoms with E-state index in [0.29, 0.717) is 0 Å². The summed E-state index contributed by atoms with van der Waals surface area (Å²) >= 11 is 0. The van der Waals surface area contributed by atoms with E-state index in [-0.39, 0.29) is 5.84 Å². The fourth-order valence-electron chi connectivity index (χ4n) is 0.738. The largest absolute Gasteiger partial charge is 0.444 e. The molecule has 0 aliphatic heterocycles. The fraction of sp³-hybridized carbons (Fsp3) is 0.600. The Kier molecular flexibility index (Phi) is 5.44. The summed E-state index contributed by atoms with van der Waals surface area (Å²) in [7, 11) is 0. The highest BCUT2D eigenvalue weighted by Crippen LogP contribution is 2.06. The van der Waals surface area contributed by atoms with E-state index in [2.05, 4.69) is 10.5 Å². The lowest BCUT2D eigenvalue weighted by molar-refractivity contribution is 0.0561. The van der Waals surface area contributed by atoms with Crippen molar-refractivity contribution >= 4 is 11.9 Å². The summed E-state index contributed by atoms with van der Waals surface area (Å²) in [4.78, 5) is 11.2. The van der Waals surface area contributed by atoms with Crippen molar-refractivity contribution in [2.24, 2.45) is 5.16 Å². The molecule has 1 amide bonds. The molecule has 0 radical (unpaired) electrons. The van der Waals surface area contributed by atoms with Gasteiger partial charge < -0.3 is 9.94 Å². The Morgan fingerprint density at radius 1 is 1.53 bits per heavy atom. The predicted molar refractivity (Wildman–Crippen MR) is 58.0 cm³/mol. The molecular formula is C10H18N2O3. The minimum atomic E-state index is -0.643. The number of nitrogens with one attached hydrogen (secondary N) is 1. The number of rotatable bonds is 2. The molecule has 0 atom stereocenters. The molecule has 86 valence electrons. The zero-order valence-electron chi connectivity index (χ0n) is 9.57. The third kappa shape index (κ3) is 7.54. The Morgan fingerprint density at radius 3 is 2.53 bits per heavy atom. The Labute approximate surface area is 89.8 Å². The number of hydrogen-bond donors (Lipinski definition) is 2. The molecule has 0 saturated heterocycles. The molecule has 5 heteroatoms. The van der Waals surface area contributed by atoms with Crippen LogP contribution in [0.5, 0.6) is 0 Å². The highest BCUT2D eigenvalue weighted by molar-refractivity contribution is 6.01. The first-order valence-electron chi connectivity index (χ1n) is 4.77. The molecule has 5 nitrogen and oxygen atoms in total. The van der Waals surface area contributed by atoms with E-state index in [1.165, 1.54) is 6.08 Å². The van der Waals surface area contributed by atoms with Crippen LogP contribution >= 0.6 is 0 Å². The first-order valence-corrected chi connectivity index (χ1v) is 4.77. The molecule has 0 fully saturated rings. The van der Waals surface area contributed by atoms with Gasteiger partial charge in [0.25, 0.3) is 0 Å². The van der Waals surface area contributed by atoms with E-state index in [1.54, 1.807) is 26.8 Å². The highest BCUT2D eigenvalue weighted by Gasteiger charge is 2.16. The monoisotopic (exact) mass is 214 g/mol. The zero-order valence-corrected chi connectivity index (χ0v) is 9.57. The normalized spacial score (nSPS) is 12.9. The van der Waals surface area contributed by atoms with Crippen LogP contribution in [0.4, 0.5) is 4.79 Å². The fourth-order valence-corrected chi connectivity index (χ4v) is 0.738. The number of amidine groups is 1. The maximum atomic E-state index is 11.2. The lowest BCUT2D eigenvalue weighted by Crippen LogP contribution is -2.35. The Bertz CT molecular complexity index is 264. The van der Waals surface area contributed by atoms with E-state index >= 15 is 0 Å². The maximum absolute atomic E-state index is 11.2. The summed E-state index contributed by atoms with van der Waals surface area (Å²) in [5, 5.41) is 13.8. The van der Waals surface area contributed by atoms with Crippen LogP contribution in [0.25, 0.3) is 0 Å². The van der Waals surface area contributed by atoms with Gasteiger partial charge in [-0.15, -0.1) is 0 Å². The van der Waals surface area contributed by atoms with Gasteiger partial charge in [0.15, 0.2) is 5.84 Å². The topological polar surface area (TPSA) is 70.9 Å². The minimum absolute atomic E-state index is 0.0612. The van der Waals surface area contributed by atoms with E-state index in [0.717, 1.165) is 6.42 Å². The molecule has 15 heavy (non-hydrogen) atoms. The Morgan fingerprint density at radius 2 is 2.13 bits per heavy atom. The van der Waals surface area contributed by atoms with E-state index in [1.807, 2.05) is 6.92 Å². The number of oxime groups is 1. The van der Waals surface area contributed by atoms with Crippen LogP contribution in [0.1, 0.15) is 34.1 Å². The van der Waals surface area contributed by atoms with Gasteiger partial charge in [0.05, 0.1) is 0 Å². The average molecular weight is 214 g/mol. The van der Waals surface area contributed by atoms with Gasteiger partial charge in [-0.3, -0.25) is 5.32 Å². The van der Waals surface area contributed by atoms with Gasteiger partial charge in [-0.2, -0.15) is 0 Å².